The van der Waals surface area contributed by atoms with E-state index < -0.39 is 17.0 Å². The van der Waals surface area contributed by atoms with Gasteiger partial charge in [0.1, 0.15) is 11.6 Å². The number of phenolic OH excluding ortho intramolecular Hbond substituents is 1. The molecule has 0 saturated heterocycles. The number of benzene rings is 3. The molecular weight excluding hydrogens is 425 g/mol. The number of rotatable bonds is 4. The number of hydrogen-bond donors (Lipinski definition) is 1. The van der Waals surface area contributed by atoms with Gasteiger partial charge in [-0.25, -0.2) is 4.39 Å². The van der Waals surface area contributed by atoms with Gasteiger partial charge in [-0.05, 0) is 48.2 Å². The molecule has 1 unspecified atom stereocenters. The van der Waals surface area contributed by atoms with Crippen molar-refractivity contribution in [2.45, 2.75) is 13.3 Å². The van der Waals surface area contributed by atoms with E-state index in [1.165, 1.54) is 11.6 Å². The fourth-order valence-corrected chi connectivity index (χ4v) is 3.61. The van der Waals surface area contributed by atoms with Crippen molar-refractivity contribution in [3.05, 3.63) is 89.2 Å². The first kappa shape index (κ1) is 21.4. The summed E-state index contributed by atoms with van der Waals surface area (Å²) in [4.78, 5) is 0. The molecule has 1 atom stereocenters. The molecule has 0 aliphatic carbocycles. The molecule has 0 bridgehead atoms. The third-order valence-electron chi connectivity index (χ3n) is 3.71. The summed E-state index contributed by atoms with van der Waals surface area (Å²) in [6, 6.07) is 21.0. The zero-order valence-electron chi connectivity index (χ0n) is 14.1. The summed E-state index contributed by atoms with van der Waals surface area (Å²) in [5, 5.41) is 11.5. The maximum absolute atomic E-state index is 14.0. The van der Waals surface area contributed by atoms with Crippen LogP contribution in [0.25, 0.3) is 0 Å². The molecule has 26 heavy (non-hydrogen) atoms. The Morgan fingerprint density at radius 1 is 0.923 bits per heavy atom. The molecule has 3 rings (SSSR count). The Balaban J connectivity index is 0.000000758. The van der Waals surface area contributed by atoms with Gasteiger partial charge in [0.15, 0.2) is 0 Å². The predicted octanol–water partition coefficient (Wildman–Crippen LogP) is 5.44. The van der Waals surface area contributed by atoms with Gasteiger partial charge in [-0.3, -0.25) is 0 Å². The van der Waals surface area contributed by atoms with Crippen LogP contribution in [0.15, 0.2) is 66.7 Å². The topological polar surface area (TPSA) is 20.2 Å². The summed E-state index contributed by atoms with van der Waals surface area (Å²) < 4.78 is 14.0. The molecule has 6 heteroatoms. The molecule has 3 aromatic rings. The van der Waals surface area contributed by atoms with Crippen molar-refractivity contribution in [2.75, 3.05) is 0 Å². The van der Waals surface area contributed by atoms with E-state index in [1.54, 1.807) is 12.1 Å². The number of aryl methyl sites for hydroxylation is 1. The molecule has 1 nitrogen and oxygen atoms in total. The fourth-order valence-electron chi connectivity index (χ4n) is 2.49. The number of aromatic hydroxyl groups is 1. The van der Waals surface area contributed by atoms with E-state index in [4.69, 9.17) is 18.6 Å². The monoisotopic (exact) mass is 442 g/mol. The van der Waals surface area contributed by atoms with Gasteiger partial charge < -0.3 is 5.11 Å². The molecule has 0 heterocycles. The number of hydrogen-bond acceptors (Lipinski definition) is 1. The summed E-state index contributed by atoms with van der Waals surface area (Å²) >= 11 is -0.556. The molecule has 0 fully saturated rings. The van der Waals surface area contributed by atoms with E-state index in [0.717, 1.165) is 22.9 Å². The second kappa shape index (κ2) is 11.1. The molecular formula is C20H18Cl2FOPTi. The van der Waals surface area contributed by atoms with E-state index >= 15 is 0 Å². The molecule has 0 amide bonds. The summed E-state index contributed by atoms with van der Waals surface area (Å²) in [6.45, 7) is 1.87. The first-order chi connectivity index (χ1) is 12.5. The third kappa shape index (κ3) is 6.69. The summed E-state index contributed by atoms with van der Waals surface area (Å²) in [6.07, 6.45) is 0.801. The van der Waals surface area contributed by atoms with Crippen molar-refractivity contribution in [1.29, 1.82) is 0 Å². The number of halogens is 3. The van der Waals surface area contributed by atoms with Crippen LogP contribution in [-0.2, 0) is 23.5 Å². The Morgan fingerprint density at radius 2 is 1.62 bits per heavy atom. The maximum atomic E-state index is 14.0. The number of phenols is 1. The molecule has 0 radical (unpaired) electrons. The molecule has 0 aliphatic heterocycles. The van der Waals surface area contributed by atoms with E-state index in [9.17, 15) is 9.50 Å². The average molecular weight is 443 g/mol. The van der Waals surface area contributed by atoms with Crippen LogP contribution in [0.5, 0.6) is 5.75 Å². The standard InChI is InChI=1S/C20H18FOP.2ClH.Ti/c1-14-7-10-19(17(21)11-14)23-20-13-16(8-9-18(20)22)12-15-5-3-2-4-6-15;;;/h2-11,13,22-23H,12H2,1H3;2*1H;/q;;;+2/p-2. The van der Waals surface area contributed by atoms with Gasteiger partial charge in [0.2, 0.25) is 0 Å². The van der Waals surface area contributed by atoms with Gasteiger partial charge in [-0.15, -0.1) is 0 Å². The van der Waals surface area contributed by atoms with Gasteiger partial charge in [-0.1, -0.05) is 57.1 Å². The van der Waals surface area contributed by atoms with Crippen LogP contribution in [0.4, 0.5) is 4.39 Å². The SMILES string of the molecule is Cc1ccc(Pc2cc(Cc3ccccc3)ccc2O)c(F)c1.[Cl][Ti][Cl]. The van der Waals surface area contributed by atoms with Crippen LogP contribution in [0.3, 0.4) is 0 Å². The van der Waals surface area contributed by atoms with Gasteiger partial charge in [-0.2, -0.15) is 0 Å². The second-order valence-electron chi connectivity index (χ2n) is 5.69. The van der Waals surface area contributed by atoms with Crippen molar-refractivity contribution < 1.29 is 26.5 Å². The minimum absolute atomic E-state index is 0.103. The quantitative estimate of drug-likeness (QED) is 0.421. The first-order valence-electron chi connectivity index (χ1n) is 7.88. The van der Waals surface area contributed by atoms with Crippen molar-refractivity contribution in [3.63, 3.8) is 0 Å². The van der Waals surface area contributed by atoms with E-state index in [-0.39, 0.29) is 20.1 Å². The van der Waals surface area contributed by atoms with Crippen LogP contribution in [0.1, 0.15) is 16.7 Å². The average Bonchev–Trinajstić information content (AvgIpc) is 2.62. The van der Waals surface area contributed by atoms with Crippen LogP contribution in [0, 0.1) is 12.7 Å². The molecule has 0 saturated carbocycles. The van der Waals surface area contributed by atoms with Crippen molar-refractivity contribution in [3.8, 4) is 5.75 Å². The molecule has 1 N–H and O–H groups in total. The van der Waals surface area contributed by atoms with E-state index in [1.807, 2.05) is 43.3 Å². The zero-order chi connectivity index (χ0) is 18.9. The van der Waals surface area contributed by atoms with Crippen LogP contribution in [-0.4, -0.2) is 5.11 Å². The third-order valence-corrected chi connectivity index (χ3v) is 5.05. The van der Waals surface area contributed by atoms with Crippen LogP contribution >= 0.6 is 27.2 Å². The Hall–Kier alpha value is -0.886. The van der Waals surface area contributed by atoms with Gasteiger partial charge in [0, 0.05) is 10.6 Å². The Kier molecular flexibility index (Phi) is 9.12. The van der Waals surface area contributed by atoms with Crippen molar-refractivity contribution in [2.24, 2.45) is 0 Å². The summed E-state index contributed by atoms with van der Waals surface area (Å²) in [5.74, 6) is 0.0105. The Bertz CT molecular complexity index is 846. The Labute approximate surface area is 172 Å². The minimum atomic E-state index is -0.556. The molecule has 134 valence electrons. The predicted molar refractivity (Wildman–Crippen MR) is 108 cm³/mol. The molecule has 3 aromatic carbocycles. The Morgan fingerprint density at radius 3 is 2.27 bits per heavy atom. The zero-order valence-corrected chi connectivity index (χ0v) is 18.2. The first-order valence-corrected chi connectivity index (χ1v) is 13.2. The van der Waals surface area contributed by atoms with Gasteiger partial charge in [0.05, 0.1) is 0 Å². The molecule has 0 aromatic heterocycles. The summed E-state index contributed by atoms with van der Waals surface area (Å²) in [7, 11) is 9.88. The van der Waals surface area contributed by atoms with Crippen molar-refractivity contribution in [1.82, 2.24) is 0 Å². The molecule has 0 aliphatic rings. The van der Waals surface area contributed by atoms with E-state index in [2.05, 4.69) is 12.1 Å². The fraction of sp³-hybridized carbons (Fsp3) is 0.100. The van der Waals surface area contributed by atoms with Crippen LogP contribution in [0.2, 0.25) is 0 Å². The normalized spacial score (nSPS) is 10.5. The molecule has 0 spiro atoms. The van der Waals surface area contributed by atoms with E-state index in [0.29, 0.717) is 5.30 Å². The second-order valence-corrected chi connectivity index (χ2v) is 9.60. The van der Waals surface area contributed by atoms with Crippen LogP contribution < -0.4 is 10.6 Å². The summed E-state index contributed by atoms with van der Waals surface area (Å²) in [5.41, 5.74) is 3.23. The van der Waals surface area contributed by atoms with Crippen molar-refractivity contribution >= 4 is 37.8 Å². The van der Waals surface area contributed by atoms with Gasteiger partial charge >= 0.3 is 35.6 Å². The van der Waals surface area contributed by atoms with Gasteiger partial charge in [0.25, 0.3) is 0 Å².